The quantitative estimate of drug-likeness (QED) is 0.852. The first-order chi connectivity index (χ1) is 8.67. The molecule has 0 aliphatic carbocycles. The van der Waals surface area contributed by atoms with E-state index >= 15 is 0 Å². The van der Waals surface area contributed by atoms with Crippen LogP contribution in [0.4, 0.5) is 11.5 Å². The van der Waals surface area contributed by atoms with E-state index in [4.69, 9.17) is 10.5 Å². The molecule has 1 heterocycles. The Morgan fingerprint density at radius 2 is 1.89 bits per heavy atom. The van der Waals surface area contributed by atoms with Crippen LogP contribution in [-0.4, -0.2) is 16.6 Å². The summed E-state index contributed by atoms with van der Waals surface area (Å²) in [6, 6.07) is 4.10. The molecule has 1 atom stereocenters. The molecule has 0 aliphatic heterocycles. The molecule has 108 valence electrons. The van der Waals surface area contributed by atoms with Crippen LogP contribution in [0.2, 0.25) is 0 Å². The van der Waals surface area contributed by atoms with Gasteiger partial charge in [0.1, 0.15) is 11.4 Å². The Morgan fingerprint density at radius 1 is 1.26 bits per heavy atom. The minimum absolute atomic E-state index is 0.302. The van der Waals surface area contributed by atoms with E-state index in [0.29, 0.717) is 23.5 Å². The number of pyridine rings is 1. The number of nitrogens with zero attached hydrogens (tertiary/aromatic N) is 1. The Morgan fingerprint density at radius 3 is 2.42 bits per heavy atom. The van der Waals surface area contributed by atoms with Crippen molar-refractivity contribution in [3.63, 3.8) is 0 Å². The molecule has 0 radical (unpaired) electrons. The van der Waals surface area contributed by atoms with Crippen LogP contribution in [0, 0.1) is 5.92 Å². The molecule has 1 aromatic rings. The van der Waals surface area contributed by atoms with Crippen molar-refractivity contribution in [2.75, 3.05) is 11.1 Å². The first kappa shape index (κ1) is 15.6. The van der Waals surface area contributed by atoms with Crippen molar-refractivity contribution in [1.82, 2.24) is 4.98 Å². The van der Waals surface area contributed by atoms with Gasteiger partial charge in [0.25, 0.3) is 0 Å². The van der Waals surface area contributed by atoms with Gasteiger partial charge in [0.2, 0.25) is 5.88 Å². The Labute approximate surface area is 116 Å². The van der Waals surface area contributed by atoms with Crippen LogP contribution in [0.3, 0.4) is 0 Å². The van der Waals surface area contributed by atoms with Gasteiger partial charge in [-0.3, -0.25) is 0 Å². The zero-order chi connectivity index (χ0) is 14.6. The lowest BCUT2D eigenvalue weighted by Gasteiger charge is -2.22. The third kappa shape index (κ3) is 5.81. The van der Waals surface area contributed by atoms with Crippen molar-refractivity contribution >= 4 is 11.5 Å². The summed E-state index contributed by atoms with van der Waals surface area (Å²) in [6.45, 7) is 12.5. The number of nitrogen functional groups attached to an aromatic ring is 1. The molecule has 1 aromatic heterocycles. The summed E-state index contributed by atoms with van der Waals surface area (Å²) in [7, 11) is 0. The zero-order valence-corrected chi connectivity index (χ0v) is 12.9. The van der Waals surface area contributed by atoms with Crippen molar-refractivity contribution in [2.24, 2.45) is 5.92 Å². The van der Waals surface area contributed by atoms with Gasteiger partial charge < -0.3 is 15.8 Å². The predicted octanol–water partition coefficient (Wildman–Crippen LogP) is 3.69. The molecule has 0 saturated carbocycles. The number of ether oxygens (including phenoxy) is 1. The zero-order valence-electron chi connectivity index (χ0n) is 12.9. The highest BCUT2D eigenvalue weighted by atomic mass is 16.5. The second kappa shape index (κ2) is 6.13. The number of anilines is 2. The van der Waals surface area contributed by atoms with Crippen LogP contribution >= 0.6 is 0 Å². The average Bonchev–Trinajstić information content (AvgIpc) is 2.19. The van der Waals surface area contributed by atoms with Crippen molar-refractivity contribution in [2.45, 2.75) is 59.6 Å². The second-order valence-electron chi connectivity index (χ2n) is 6.48. The van der Waals surface area contributed by atoms with E-state index in [1.807, 2.05) is 32.9 Å². The minimum atomic E-state index is -0.302. The van der Waals surface area contributed by atoms with Gasteiger partial charge in [-0.25, -0.2) is 0 Å². The summed E-state index contributed by atoms with van der Waals surface area (Å²) in [4.78, 5) is 4.45. The maximum Gasteiger partial charge on any atom is 0.239 e. The Balaban J connectivity index is 2.78. The van der Waals surface area contributed by atoms with Crippen LogP contribution in [0.25, 0.3) is 0 Å². The van der Waals surface area contributed by atoms with Crippen LogP contribution in [0.15, 0.2) is 12.1 Å². The van der Waals surface area contributed by atoms with Gasteiger partial charge in [-0.15, -0.1) is 0 Å². The molecule has 0 bridgehead atoms. The molecule has 4 heteroatoms. The summed E-state index contributed by atoms with van der Waals surface area (Å²) >= 11 is 0. The summed E-state index contributed by atoms with van der Waals surface area (Å²) in [5.74, 6) is 1.96. The minimum Gasteiger partial charge on any atom is -0.470 e. The molecule has 4 nitrogen and oxygen atoms in total. The molecule has 1 rings (SSSR count). The average molecular weight is 265 g/mol. The van der Waals surface area contributed by atoms with Crippen molar-refractivity contribution in [1.29, 1.82) is 0 Å². The fourth-order valence-corrected chi connectivity index (χ4v) is 1.92. The molecule has 0 aromatic carbocycles. The molecule has 0 amide bonds. The number of rotatable bonds is 5. The van der Waals surface area contributed by atoms with Crippen molar-refractivity contribution in [3.05, 3.63) is 12.1 Å². The highest BCUT2D eigenvalue weighted by Crippen LogP contribution is 2.25. The highest BCUT2D eigenvalue weighted by molar-refractivity contribution is 5.54. The SMILES string of the molecule is CC(C)CC(C)Nc1ccc(N)c(OC(C)(C)C)n1. The summed E-state index contributed by atoms with van der Waals surface area (Å²) in [5, 5.41) is 3.38. The molecular formula is C15H27N3O. The van der Waals surface area contributed by atoms with Gasteiger partial charge in [-0.2, -0.15) is 4.98 Å². The van der Waals surface area contributed by atoms with Gasteiger partial charge in [-0.05, 0) is 52.2 Å². The summed E-state index contributed by atoms with van der Waals surface area (Å²) < 4.78 is 5.76. The summed E-state index contributed by atoms with van der Waals surface area (Å²) in [6.07, 6.45) is 1.10. The maximum atomic E-state index is 5.89. The number of hydrogen-bond acceptors (Lipinski definition) is 4. The van der Waals surface area contributed by atoms with E-state index in [0.717, 1.165) is 12.2 Å². The molecule has 0 fully saturated rings. The van der Waals surface area contributed by atoms with E-state index in [1.165, 1.54) is 0 Å². The van der Waals surface area contributed by atoms with Crippen molar-refractivity contribution < 1.29 is 4.74 Å². The summed E-state index contributed by atoms with van der Waals surface area (Å²) in [5.41, 5.74) is 6.16. The van der Waals surface area contributed by atoms with E-state index < -0.39 is 0 Å². The molecular weight excluding hydrogens is 238 g/mol. The Bertz CT molecular complexity index is 410. The lowest BCUT2D eigenvalue weighted by molar-refractivity contribution is 0.125. The normalized spacial score (nSPS) is 13.4. The van der Waals surface area contributed by atoms with Crippen LogP contribution in [0.5, 0.6) is 5.88 Å². The third-order valence-corrected chi connectivity index (χ3v) is 2.51. The van der Waals surface area contributed by atoms with E-state index in [9.17, 15) is 0 Å². The van der Waals surface area contributed by atoms with Gasteiger partial charge in [0.15, 0.2) is 0 Å². The maximum absolute atomic E-state index is 5.89. The Kier molecular flexibility index (Phi) is 5.04. The van der Waals surface area contributed by atoms with Crippen LogP contribution in [-0.2, 0) is 0 Å². The van der Waals surface area contributed by atoms with Gasteiger partial charge >= 0.3 is 0 Å². The monoisotopic (exact) mass is 265 g/mol. The molecule has 0 aliphatic rings. The fourth-order valence-electron chi connectivity index (χ4n) is 1.92. The highest BCUT2D eigenvalue weighted by Gasteiger charge is 2.16. The number of hydrogen-bond donors (Lipinski definition) is 2. The van der Waals surface area contributed by atoms with Crippen LogP contribution < -0.4 is 15.8 Å². The third-order valence-electron chi connectivity index (χ3n) is 2.51. The predicted molar refractivity (Wildman–Crippen MR) is 81.6 cm³/mol. The first-order valence-corrected chi connectivity index (χ1v) is 6.89. The van der Waals surface area contributed by atoms with E-state index in [-0.39, 0.29) is 5.60 Å². The number of nitrogens with one attached hydrogen (secondary N) is 1. The Hall–Kier alpha value is -1.45. The van der Waals surface area contributed by atoms with Gasteiger partial charge in [-0.1, -0.05) is 13.8 Å². The smallest absolute Gasteiger partial charge is 0.239 e. The van der Waals surface area contributed by atoms with Gasteiger partial charge in [0.05, 0.1) is 5.69 Å². The largest absolute Gasteiger partial charge is 0.470 e. The molecule has 3 N–H and O–H groups in total. The van der Waals surface area contributed by atoms with E-state index in [1.54, 1.807) is 0 Å². The number of aromatic nitrogens is 1. The number of nitrogens with two attached hydrogens (primary N) is 1. The molecule has 0 spiro atoms. The van der Waals surface area contributed by atoms with Gasteiger partial charge in [0, 0.05) is 6.04 Å². The van der Waals surface area contributed by atoms with E-state index in [2.05, 4.69) is 31.1 Å². The lowest BCUT2D eigenvalue weighted by Crippen LogP contribution is -2.25. The topological polar surface area (TPSA) is 60.2 Å². The van der Waals surface area contributed by atoms with Crippen LogP contribution in [0.1, 0.15) is 48.0 Å². The molecule has 1 unspecified atom stereocenters. The second-order valence-corrected chi connectivity index (χ2v) is 6.48. The lowest BCUT2D eigenvalue weighted by atomic mass is 10.1. The molecule has 0 saturated heterocycles. The fraction of sp³-hybridized carbons (Fsp3) is 0.667. The van der Waals surface area contributed by atoms with Crippen molar-refractivity contribution in [3.8, 4) is 5.88 Å². The standard InChI is InChI=1S/C15H27N3O/c1-10(2)9-11(3)17-13-8-7-12(16)14(18-13)19-15(4,5)6/h7-8,10-11H,9,16H2,1-6H3,(H,17,18). The molecule has 19 heavy (non-hydrogen) atoms. The first-order valence-electron chi connectivity index (χ1n) is 6.89.